The van der Waals surface area contributed by atoms with Crippen molar-refractivity contribution in [3.63, 3.8) is 0 Å². The second kappa shape index (κ2) is 3.55. The standard InChI is InChI=1S/C10H18ClN/c11-8-10(5-1-2-6-10)12-7-9-3-4-9/h9,12H,1-8H2. The monoisotopic (exact) mass is 187 g/mol. The Labute approximate surface area is 79.9 Å². The molecule has 0 unspecified atom stereocenters. The third-order valence-corrected chi connectivity index (χ3v) is 3.79. The van der Waals surface area contributed by atoms with Crippen LogP contribution in [0.5, 0.6) is 0 Å². The van der Waals surface area contributed by atoms with Crippen LogP contribution in [0.15, 0.2) is 0 Å². The molecule has 70 valence electrons. The molecule has 0 spiro atoms. The Morgan fingerprint density at radius 3 is 2.42 bits per heavy atom. The summed E-state index contributed by atoms with van der Waals surface area (Å²) in [4.78, 5) is 0. The maximum Gasteiger partial charge on any atom is 0.0406 e. The summed E-state index contributed by atoms with van der Waals surface area (Å²) in [5, 5.41) is 3.67. The van der Waals surface area contributed by atoms with Crippen LogP contribution in [0.3, 0.4) is 0 Å². The molecule has 0 atom stereocenters. The molecule has 2 rings (SSSR count). The highest BCUT2D eigenvalue weighted by Gasteiger charge is 2.34. The highest BCUT2D eigenvalue weighted by Crippen LogP contribution is 2.33. The molecule has 0 bridgehead atoms. The first-order valence-electron chi connectivity index (χ1n) is 5.16. The van der Waals surface area contributed by atoms with Crippen molar-refractivity contribution in [1.29, 1.82) is 0 Å². The molecule has 0 aromatic heterocycles. The molecule has 2 fully saturated rings. The van der Waals surface area contributed by atoms with E-state index in [9.17, 15) is 0 Å². The highest BCUT2D eigenvalue weighted by atomic mass is 35.5. The smallest absolute Gasteiger partial charge is 0.0406 e. The Balaban J connectivity index is 1.79. The van der Waals surface area contributed by atoms with Gasteiger partial charge in [0.25, 0.3) is 0 Å². The van der Waals surface area contributed by atoms with Crippen LogP contribution < -0.4 is 5.32 Å². The Kier molecular flexibility index (Phi) is 2.61. The van der Waals surface area contributed by atoms with Crippen molar-refractivity contribution < 1.29 is 0 Å². The minimum atomic E-state index is 0.324. The second-order valence-electron chi connectivity index (χ2n) is 4.45. The van der Waals surface area contributed by atoms with E-state index in [0.29, 0.717) is 5.54 Å². The molecule has 0 aromatic rings. The summed E-state index contributed by atoms with van der Waals surface area (Å²) in [7, 11) is 0. The van der Waals surface area contributed by atoms with Crippen LogP contribution in [0.1, 0.15) is 38.5 Å². The molecule has 0 heterocycles. The molecule has 2 aliphatic rings. The van der Waals surface area contributed by atoms with Crippen molar-refractivity contribution in [2.75, 3.05) is 12.4 Å². The van der Waals surface area contributed by atoms with Gasteiger partial charge in [0.15, 0.2) is 0 Å². The second-order valence-corrected chi connectivity index (χ2v) is 4.71. The molecule has 12 heavy (non-hydrogen) atoms. The van der Waals surface area contributed by atoms with Crippen LogP contribution in [-0.2, 0) is 0 Å². The molecule has 2 saturated carbocycles. The quantitative estimate of drug-likeness (QED) is 0.668. The van der Waals surface area contributed by atoms with E-state index in [1.54, 1.807) is 0 Å². The molecule has 0 amide bonds. The van der Waals surface area contributed by atoms with Crippen molar-refractivity contribution in [2.24, 2.45) is 5.92 Å². The van der Waals surface area contributed by atoms with Crippen LogP contribution in [0.2, 0.25) is 0 Å². The first-order chi connectivity index (χ1) is 5.85. The molecular formula is C10H18ClN. The molecule has 2 heteroatoms. The number of rotatable bonds is 4. The molecule has 0 aromatic carbocycles. The SMILES string of the molecule is ClCC1(NCC2CC2)CCCC1. The fraction of sp³-hybridized carbons (Fsp3) is 1.00. The van der Waals surface area contributed by atoms with E-state index in [4.69, 9.17) is 11.6 Å². The van der Waals surface area contributed by atoms with Crippen molar-refractivity contribution in [2.45, 2.75) is 44.1 Å². The first kappa shape index (κ1) is 8.83. The first-order valence-corrected chi connectivity index (χ1v) is 5.69. The van der Waals surface area contributed by atoms with E-state index in [2.05, 4.69) is 5.32 Å². The number of halogens is 1. The molecule has 0 aliphatic heterocycles. The lowest BCUT2D eigenvalue weighted by Gasteiger charge is -2.27. The van der Waals surface area contributed by atoms with Gasteiger partial charge in [-0.15, -0.1) is 11.6 Å². The van der Waals surface area contributed by atoms with Gasteiger partial charge < -0.3 is 5.32 Å². The van der Waals surface area contributed by atoms with E-state index in [1.807, 2.05) is 0 Å². The van der Waals surface area contributed by atoms with E-state index in [-0.39, 0.29) is 0 Å². The normalized spacial score (nSPS) is 27.8. The predicted octanol–water partition coefficient (Wildman–Crippen LogP) is 2.54. The molecule has 2 aliphatic carbocycles. The third kappa shape index (κ3) is 1.94. The van der Waals surface area contributed by atoms with Gasteiger partial charge in [0.05, 0.1) is 0 Å². The van der Waals surface area contributed by atoms with Gasteiger partial charge in [0.2, 0.25) is 0 Å². The summed E-state index contributed by atoms with van der Waals surface area (Å²) in [5.41, 5.74) is 0.324. The zero-order chi connectivity index (χ0) is 8.44. The maximum atomic E-state index is 6.01. The zero-order valence-electron chi connectivity index (χ0n) is 7.61. The fourth-order valence-electron chi connectivity index (χ4n) is 2.09. The Hall–Kier alpha value is 0.250. The summed E-state index contributed by atoms with van der Waals surface area (Å²) in [6.45, 7) is 1.22. The van der Waals surface area contributed by atoms with E-state index in [0.717, 1.165) is 11.8 Å². The Morgan fingerprint density at radius 1 is 1.25 bits per heavy atom. The van der Waals surface area contributed by atoms with Crippen molar-refractivity contribution >= 4 is 11.6 Å². The van der Waals surface area contributed by atoms with Gasteiger partial charge in [0, 0.05) is 11.4 Å². The Morgan fingerprint density at radius 2 is 1.92 bits per heavy atom. The van der Waals surface area contributed by atoms with E-state index < -0.39 is 0 Å². The summed E-state index contributed by atoms with van der Waals surface area (Å²) < 4.78 is 0. The van der Waals surface area contributed by atoms with Crippen LogP contribution in [0.25, 0.3) is 0 Å². The van der Waals surface area contributed by atoms with Crippen LogP contribution in [0, 0.1) is 5.92 Å². The highest BCUT2D eigenvalue weighted by molar-refractivity contribution is 6.18. The van der Waals surface area contributed by atoms with E-state index in [1.165, 1.54) is 45.1 Å². The van der Waals surface area contributed by atoms with Gasteiger partial charge in [-0.3, -0.25) is 0 Å². The Bertz CT molecular complexity index is 148. The van der Waals surface area contributed by atoms with Gasteiger partial charge >= 0.3 is 0 Å². The molecule has 1 N–H and O–H groups in total. The van der Waals surface area contributed by atoms with Crippen molar-refractivity contribution in [3.05, 3.63) is 0 Å². The summed E-state index contributed by atoms with van der Waals surface area (Å²) in [5.74, 6) is 1.78. The minimum absolute atomic E-state index is 0.324. The summed E-state index contributed by atoms with van der Waals surface area (Å²) in [6.07, 6.45) is 8.19. The lowest BCUT2D eigenvalue weighted by Crippen LogP contribution is -2.45. The molecular weight excluding hydrogens is 170 g/mol. The maximum absolute atomic E-state index is 6.01. The van der Waals surface area contributed by atoms with Gasteiger partial charge in [-0.05, 0) is 38.1 Å². The van der Waals surface area contributed by atoms with Gasteiger partial charge in [-0.25, -0.2) is 0 Å². The number of hydrogen-bond donors (Lipinski definition) is 1. The third-order valence-electron chi connectivity index (χ3n) is 3.28. The molecule has 1 nitrogen and oxygen atoms in total. The average molecular weight is 188 g/mol. The largest absolute Gasteiger partial charge is 0.310 e. The predicted molar refractivity (Wildman–Crippen MR) is 52.6 cm³/mol. The lowest BCUT2D eigenvalue weighted by atomic mass is 10.0. The lowest BCUT2D eigenvalue weighted by molar-refractivity contribution is 0.363. The minimum Gasteiger partial charge on any atom is -0.310 e. The molecule has 0 saturated heterocycles. The van der Waals surface area contributed by atoms with Gasteiger partial charge in [0.1, 0.15) is 0 Å². The van der Waals surface area contributed by atoms with Crippen LogP contribution in [0.4, 0.5) is 0 Å². The number of alkyl halides is 1. The average Bonchev–Trinajstić information content (AvgIpc) is 2.82. The zero-order valence-corrected chi connectivity index (χ0v) is 8.37. The summed E-state index contributed by atoms with van der Waals surface area (Å²) >= 11 is 6.01. The van der Waals surface area contributed by atoms with Crippen molar-refractivity contribution in [3.8, 4) is 0 Å². The van der Waals surface area contributed by atoms with Gasteiger partial charge in [-0.1, -0.05) is 12.8 Å². The van der Waals surface area contributed by atoms with Crippen LogP contribution >= 0.6 is 11.6 Å². The molecule has 0 radical (unpaired) electrons. The van der Waals surface area contributed by atoms with Gasteiger partial charge in [-0.2, -0.15) is 0 Å². The topological polar surface area (TPSA) is 12.0 Å². The fourth-order valence-corrected chi connectivity index (χ4v) is 2.45. The van der Waals surface area contributed by atoms with E-state index >= 15 is 0 Å². The number of nitrogens with one attached hydrogen (secondary N) is 1. The summed E-state index contributed by atoms with van der Waals surface area (Å²) in [6, 6.07) is 0. The van der Waals surface area contributed by atoms with Crippen molar-refractivity contribution in [1.82, 2.24) is 5.32 Å². The van der Waals surface area contributed by atoms with Crippen LogP contribution in [-0.4, -0.2) is 18.0 Å². The number of hydrogen-bond acceptors (Lipinski definition) is 1.